The Morgan fingerprint density at radius 2 is 2.00 bits per heavy atom. The highest BCUT2D eigenvalue weighted by Crippen LogP contribution is 2.36. The molecule has 3 aromatic rings. The second kappa shape index (κ2) is 7.32. The summed E-state index contributed by atoms with van der Waals surface area (Å²) in [4.78, 5) is 28.4. The molecule has 0 saturated carbocycles. The Labute approximate surface area is 160 Å². The Bertz CT molecular complexity index is 902. The van der Waals surface area contributed by atoms with Crippen LogP contribution in [0.1, 0.15) is 35.3 Å². The number of hydrogen-bond donors (Lipinski definition) is 0. The maximum absolute atomic E-state index is 12.8. The van der Waals surface area contributed by atoms with Crippen molar-refractivity contribution in [2.75, 3.05) is 12.3 Å². The van der Waals surface area contributed by atoms with Crippen LogP contribution in [-0.4, -0.2) is 38.1 Å². The summed E-state index contributed by atoms with van der Waals surface area (Å²) in [6.07, 6.45) is 2.01. The number of carbonyl (C=O) groups is 1. The van der Waals surface area contributed by atoms with Crippen molar-refractivity contribution < 1.29 is 4.79 Å². The monoisotopic (exact) mass is 384 g/mol. The lowest BCUT2D eigenvalue weighted by molar-refractivity contribution is -0.129. The van der Waals surface area contributed by atoms with Crippen molar-refractivity contribution in [2.24, 2.45) is 0 Å². The van der Waals surface area contributed by atoms with Crippen molar-refractivity contribution in [1.29, 1.82) is 0 Å². The highest BCUT2D eigenvalue weighted by atomic mass is 32.2. The molecule has 5 nitrogen and oxygen atoms in total. The predicted octanol–water partition coefficient (Wildman–Crippen LogP) is 4.16. The molecule has 1 atom stereocenters. The Morgan fingerprint density at radius 1 is 1.23 bits per heavy atom. The van der Waals surface area contributed by atoms with Gasteiger partial charge in [-0.15, -0.1) is 11.3 Å². The van der Waals surface area contributed by atoms with E-state index in [1.54, 1.807) is 11.3 Å². The molecule has 26 heavy (non-hydrogen) atoms. The molecule has 1 amide bonds. The number of likely N-dealkylation sites (tertiary alicyclic amines) is 1. The van der Waals surface area contributed by atoms with Gasteiger partial charge in [0.15, 0.2) is 5.16 Å². The van der Waals surface area contributed by atoms with Crippen LogP contribution in [-0.2, 0) is 4.79 Å². The largest absolute Gasteiger partial charge is 0.332 e. The molecular weight excluding hydrogens is 364 g/mol. The molecule has 3 heterocycles. The molecule has 0 aliphatic carbocycles. The Hall–Kier alpha value is -1.99. The van der Waals surface area contributed by atoms with Crippen LogP contribution in [0.15, 0.2) is 35.5 Å². The fraction of sp³-hybridized carbons (Fsp3) is 0.368. The third-order valence-electron chi connectivity index (χ3n) is 4.46. The van der Waals surface area contributed by atoms with E-state index >= 15 is 0 Å². The van der Waals surface area contributed by atoms with Gasteiger partial charge in [-0.05, 0) is 44.9 Å². The summed E-state index contributed by atoms with van der Waals surface area (Å²) >= 11 is 3.11. The maximum Gasteiger partial charge on any atom is 0.233 e. The van der Waals surface area contributed by atoms with Gasteiger partial charge in [0.05, 0.1) is 22.0 Å². The molecule has 0 spiro atoms. The minimum Gasteiger partial charge on any atom is -0.332 e. The number of hydrogen-bond acceptors (Lipinski definition) is 6. The highest BCUT2D eigenvalue weighted by Gasteiger charge is 2.32. The van der Waals surface area contributed by atoms with Gasteiger partial charge in [-0.3, -0.25) is 4.79 Å². The average molecular weight is 385 g/mol. The summed E-state index contributed by atoms with van der Waals surface area (Å²) in [7, 11) is 0. The van der Waals surface area contributed by atoms with E-state index in [9.17, 15) is 4.79 Å². The van der Waals surface area contributed by atoms with Crippen LogP contribution in [0.5, 0.6) is 0 Å². The van der Waals surface area contributed by atoms with Crippen molar-refractivity contribution in [2.45, 2.75) is 37.9 Å². The lowest BCUT2D eigenvalue weighted by Crippen LogP contribution is -2.32. The molecule has 1 unspecified atom stereocenters. The summed E-state index contributed by atoms with van der Waals surface area (Å²) in [6.45, 7) is 4.70. The lowest BCUT2D eigenvalue weighted by Gasteiger charge is -2.22. The van der Waals surface area contributed by atoms with Gasteiger partial charge in [0.2, 0.25) is 5.91 Å². The second-order valence-electron chi connectivity index (χ2n) is 6.49. The third-order valence-corrected chi connectivity index (χ3v) is 6.42. The standard InChI is InChI=1S/C19H20N4OS2/c1-12-10-13(2)21-19(20-12)25-11-17(24)23-9-5-7-15(23)18-22-14-6-3-4-8-16(14)26-18/h3-4,6,8,10,15H,5,7,9,11H2,1-2H3. The summed E-state index contributed by atoms with van der Waals surface area (Å²) in [6, 6.07) is 10.2. The number of para-hydroxylation sites is 1. The zero-order chi connectivity index (χ0) is 18.1. The quantitative estimate of drug-likeness (QED) is 0.499. The summed E-state index contributed by atoms with van der Waals surface area (Å²) in [5.74, 6) is 0.504. The molecule has 1 aliphatic heterocycles. The maximum atomic E-state index is 12.8. The number of benzene rings is 1. The molecule has 134 valence electrons. The number of thiazole rings is 1. The van der Waals surface area contributed by atoms with Crippen molar-refractivity contribution in [3.05, 3.63) is 46.7 Å². The van der Waals surface area contributed by atoms with Gasteiger partial charge in [-0.1, -0.05) is 23.9 Å². The summed E-state index contributed by atoms with van der Waals surface area (Å²) in [5.41, 5.74) is 2.88. The topological polar surface area (TPSA) is 59.0 Å². The van der Waals surface area contributed by atoms with Crippen molar-refractivity contribution in [1.82, 2.24) is 19.9 Å². The van der Waals surface area contributed by atoms with Crippen molar-refractivity contribution >= 4 is 39.2 Å². The van der Waals surface area contributed by atoms with Gasteiger partial charge in [0.1, 0.15) is 5.01 Å². The van der Waals surface area contributed by atoms with E-state index in [0.717, 1.165) is 41.3 Å². The first-order valence-electron chi connectivity index (χ1n) is 8.70. The molecule has 1 aliphatic rings. The van der Waals surface area contributed by atoms with Crippen LogP contribution in [0.3, 0.4) is 0 Å². The van der Waals surface area contributed by atoms with Crippen LogP contribution in [0, 0.1) is 13.8 Å². The number of aromatic nitrogens is 3. The molecule has 0 radical (unpaired) electrons. The van der Waals surface area contributed by atoms with Crippen LogP contribution >= 0.6 is 23.1 Å². The smallest absolute Gasteiger partial charge is 0.233 e. The summed E-state index contributed by atoms with van der Waals surface area (Å²) in [5, 5.41) is 1.72. The van der Waals surface area contributed by atoms with Gasteiger partial charge in [-0.2, -0.15) is 0 Å². The first-order chi connectivity index (χ1) is 12.6. The zero-order valence-electron chi connectivity index (χ0n) is 14.8. The highest BCUT2D eigenvalue weighted by molar-refractivity contribution is 7.99. The van der Waals surface area contributed by atoms with Crippen LogP contribution in [0.2, 0.25) is 0 Å². The van der Waals surface area contributed by atoms with Gasteiger partial charge in [0.25, 0.3) is 0 Å². The van der Waals surface area contributed by atoms with E-state index in [1.165, 1.54) is 16.5 Å². The predicted molar refractivity (Wildman–Crippen MR) is 106 cm³/mol. The number of amides is 1. The average Bonchev–Trinajstić information content (AvgIpc) is 3.25. The van der Waals surface area contributed by atoms with E-state index in [1.807, 2.05) is 43.0 Å². The number of thioether (sulfide) groups is 1. The van der Waals surface area contributed by atoms with E-state index in [4.69, 9.17) is 4.98 Å². The molecule has 1 saturated heterocycles. The zero-order valence-corrected chi connectivity index (χ0v) is 16.4. The van der Waals surface area contributed by atoms with Crippen LogP contribution in [0.25, 0.3) is 10.2 Å². The van der Waals surface area contributed by atoms with E-state index < -0.39 is 0 Å². The fourth-order valence-corrected chi connectivity index (χ4v) is 5.27. The number of nitrogens with zero attached hydrogens (tertiary/aromatic N) is 4. The number of carbonyl (C=O) groups excluding carboxylic acids is 1. The molecule has 7 heteroatoms. The van der Waals surface area contributed by atoms with E-state index in [0.29, 0.717) is 10.9 Å². The van der Waals surface area contributed by atoms with E-state index in [-0.39, 0.29) is 11.9 Å². The molecule has 2 aromatic heterocycles. The van der Waals surface area contributed by atoms with Crippen LogP contribution < -0.4 is 0 Å². The molecule has 4 rings (SSSR count). The minimum atomic E-state index is 0.0978. The molecule has 1 fully saturated rings. The van der Waals surface area contributed by atoms with Crippen molar-refractivity contribution in [3.8, 4) is 0 Å². The van der Waals surface area contributed by atoms with Gasteiger partial charge < -0.3 is 4.90 Å². The van der Waals surface area contributed by atoms with Gasteiger partial charge in [-0.25, -0.2) is 15.0 Å². The fourth-order valence-electron chi connectivity index (χ4n) is 3.32. The third kappa shape index (κ3) is 3.59. The SMILES string of the molecule is Cc1cc(C)nc(SCC(=O)N2CCCC2c2nc3ccccc3s2)n1. The van der Waals surface area contributed by atoms with Gasteiger partial charge >= 0.3 is 0 Å². The second-order valence-corrected chi connectivity index (χ2v) is 8.49. The van der Waals surface area contributed by atoms with Gasteiger partial charge in [0, 0.05) is 17.9 Å². The number of rotatable bonds is 4. The van der Waals surface area contributed by atoms with Crippen LogP contribution in [0.4, 0.5) is 0 Å². The Balaban J connectivity index is 1.48. The Morgan fingerprint density at radius 3 is 2.77 bits per heavy atom. The number of fused-ring (bicyclic) bond motifs is 1. The molecule has 0 bridgehead atoms. The Kier molecular flexibility index (Phi) is 4.91. The lowest BCUT2D eigenvalue weighted by atomic mass is 10.2. The first kappa shape index (κ1) is 17.4. The number of aryl methyl sites for hydroxylation is 2. The molecular formula is C19H20N4OS2. The van der Waals surface area contributed by atoms with E-state index in [2.05, 4.69) is 16.0 Å². The molecule has 1 aromatic carbocycles. The van der Waals surface area contributed by atoms with Crippen molar-refractivity contribution in [3.63, 3.8) is 0 Å². The minimum absolute atomic E-state index is 0.0978. The first-order valence-corrected chi connectivity index (χ1v) is 10.5. The normalized spacial score (nSPS) is 17.2. The summed E-state index contributed by atoms with van der Waals surface area (Å²) < 4.78 is 1.18. The molecule has 0 N–H and O–H groups in total.